The zero-order chi connectivity index (χ0) is 10.3. The zero-order valence-electron chi connectivity index (χ0n) is 6.18. The number of aromatic nitrogens is 4. The second-order valence-corrected chi connectivity index (χ2v) is 2.18. The summed E-state index contributed by atoms with van der Waals surface area (Å²) in [5.74, 6) is -0.609. The summed E-state index contributed by atoms with van der Waals surface area (Å²) >= 11 is 0. The molecule has 0 fully saturated rings. The number of rotatable bonds is 1. The van der Waals surface area contributed by atoms with Gasteiger partial charge in [0, 0.05) is 0 Å². The van der Waals surface area contributed by atoms with Crippen molar-refractivity contribution in [2.45, 2.75) is 19.1 Å². The molecule has 74 valence electrons. The summed E-state index contributed by atoms with van der Waals surface area (Å²) in [7, 11) is 0. The van der Waals surface area contributed by atoms with Crippen molar-refractivity contribution in [2.75, 3.05) is 0 Å². The van der Waals surface area contributed by atoms with Crippen LogP contribution in [-0.4, -0.2) is 26.4 Å². The Balaban J connectivity index is 3.15. The summed E-state index contributed by atoms with van der Waals surface area (Å²) in [6.07, 6.45) is -5.70. The summed E-state index contributed by atoms with van der Waals surface area (Å²) in [5, 5.41) is 8.14. The lowest BCUT2D eigenvalue weighted by Gasteiger charge is -2.18. The Morgan fingerprint density at radius 2 is 1.69 bits per heavy atom. The van der Waals surface area contributed by atoms with E-state index in [9.17, 15) is 22.0 Å². The highest BCUT2D eigenvalue weighted by atomic mass is 19.4. The van der Waals surface area contributed by atoms with Gasteiger partial charge in [-0.3, -0.25) is 0 Å². The van der Waals surface area contributed by atoms with Crippen LogP contribution in [0.1, 0.15) is 5.82 Å². The van der Waals surface area contributed by atoms with Crippen LogP contribution in [0.25, 0.3) is 0 Å². The predicted octanol–water partition coefficient (Wildman–Crippen LogP) is 1.09. The molecule has 0 spiro atoms. The van der Waals surface area contributed by atoms with Crippen LogP contribution in [0.5, 0.6) is 0 Å². The third-order valence-electron chi connectivity index (χ3n) is 1.23. The summed E-state index contributed by atoms with van der Waals surface area (Å²) in [5.41, 5.74) is 0. The normalized spacial score (nSPS) is 13.4. The van der Waals surface area contributed by atoms with Crippen LogP contribution in [0.3, 0.4) is 0 Å². The van der Waals surface area contributed by atoms with Crippen LogP contribution in [0, 0.1) is 6.92 Å². The van der Waals surface area contributed by atoms with E-state index in [4.69, 9.17) is 0 Å². The smallest absolute Gasteiger partial charge is 0.170 e. The van der Waals surface area contributed by atoms with E-state index in [1.54, 1.807) is 0 Å². The molecular weight excluding hydrogens is 199 g/mol. The van der Waals surface area contributed by atoms with E-state index in [1.165, 1.54) is 0 Å². The Morgan fingerprint density at radius 3 is 2.00 bits per heavy atom. The van der Waals surface area contributed by atoms with Gasteiger partial charge in [-0.2, -0.15) is 26.6 Å². The van der Waals surface area contributed by atoms with Crippen molar-refractivity contribution >= 4 is 0 Å². The summed E-state index contributed by atoms with van der Waals surface area (Å²) in [4.78, 5) is 0. The molecule has 13 heavy (non-hydrogen) atoms. The van der Waals surface area contributed by atoms with E-state index in [0.29, 0.717) is 0 Å². The van der Waals surface area contributed by atoms with Gasteiger partial charge >= 0.3 is 12.2 Å². The van der Waals surface area contributed by atoms with Crippen molar-refractivity contribution in [1.29, 1.82) is 0 Å². The molecule has 0 aliphatic heterocycles. The highest BCUT2D eigenvalue weighted by Gasteiger charge is 2.61. The Bertz CT molecular complexity index is 302. The molecule has 0 bridgehead atoms. The average molecular weight is 202 g/mol. The van der Waals surface area contributed by atoms with Crippen molar-refractivity contribution in [3.63, 3.8) is 0 Å². The fourth-order valence-corrected chi connectivity index (χ4v) is 0.611. The molecule has 1 rings (SSSR count). The molecule has 1 heterocycles. The first-order chi connectivity index (χ1) is 5.77. The summed E-state index contributed by atoms with van der Waals surface area (Å²) < 4.78 is 59.5. The van der Waals surface area contributed by atoms with Crippen molar-refractivity contribution in [1.82, 2.24) is 20.2 Å². The lowest BCUT2D eigenvalue weighted by atomic mass is 10.5. The van der Waals surface area contributed by atoms with Gasteiger partial charge in [-0.25, -0.2) is 0 Å². The van der Waals surface area contributed by atoms with Gasteiger partial charge in [0.1, 0.15) is 0 Å². The third kappa shape index (κ3) is 1.45. The molecule has 0 aliphatic carbocycles. The van der Waals surface area contributed by atoms with Gasteiger partial charge in [0.05, 0.1) is 0 Å². The number of aryl methyl sites for hydroxylation is 1. The maximum atomic E-state index is 12.5. The van der Waals surface area contributed by atoms with Crippen LogP contribution in [-0.2, 0) is 6.05 Å². The molecule has 0 saturated heterocycles. The van der Waals surface area contributed by atoms with Gasteiger partial charge in [0.2, 0.25) is 0 Å². The molecule has 0 saturated carbocycles. The lowest BCUT2D eigenvalue weighted by molar-refractivity contribution is -0.329. The molecule has 0 aliphatic rings. The van der Waals surface area contributed by atoms with E-state index in [0.717, 1.165) is 6.92 Å². The largest absolute Gasteiger partial charge is 0.477 e. The molecular formula is C4H3F5N4. The number of tetrazole rings is 1. The van der Waals surface area contributed by atoms with Gasteiger partial charge < -0.3 is 0 Å². The third-order valence-corrected chi connectivity index (χ3v) is 1.23. The van der Waals surface area contributed by atoms with E-state index >= 15 is 0 Å². The zero-order valence-corrected chi connectivity index (χ0v) is 6.18. The maximum absolute atomic E-state index is 12.5. The molecule has 0 amide bonds. The first kappa shape index (κ1) is 9.81. The number of hydrogen-bond donors (Lipinski definition) is 0. The van der Waals surface area contributed by atoms with Crippen LogP contribution in [0.2, 0.25) is 0 Å². The molecule has 0 aromatic carbocycles. The van der Waals surface area contributed by atoms with Crippen LogP contribution >= 0.6 is 0 Å². The number of hydrogen-bond acceptors (Lipinski definition) is 3. The van der Waals surface area contributed by atoms with Crippen molar-refractivity contribution in [3.05, 3.63) is 5.82 Å². The minimum absolute atomic E-state index is 0.576. The van der Waals surface area contributed by atoms with Crippen molar-refractivity contribution in [3.8, 4) is 0 Å². The second-order valence-electron chi connectivity index (χ2n) is 2.18. The highest BCUT2D eigenvalue weighted by Crippen LogP contribution is 2.39. The Kier molecular flexibility index (Phi) is 1.96. The molecule has 1 aromatic heterocycles. The number of alkyl halides is 5. The summed E-state index contributed by atoms with van der Waals surface area (Å²) in [6.45, 7) is 0.944. The van der Waals surface area contributed by atoms with E-state index in [2.05, 4.69) is 15.5 Å². The van der Waals surface area contributed by atoms with Crippen LogP contribution in [0.15, 0.2) is 0 Å². The van der Waals surface area contributed by atoms with Gasteiger partial charge in [-0.05, 0) is 17.4 Å². The molecule has 0 unspecified atom stereocenters. The standard InChI is InChI=1S/C4H3F5N4/c1-2-10-11-12-13(2)4(8,9)3(5,6)7/h1H3. The number of halogens is 5. The summed E-state index contributed by atoms with van der Waals surface area (Å²) in [6, 6.07) is -5.07. The quantitative estimate of drug-likeness (QED) is 0.640. The van der Waals surface area contributed by atoms with Crippen LogP contribution < -0.4 is 0 Å². The van der Waals surface area contributed by atoms with Gasteiger partial charge in [-0.1, -0.05) is 0 Å². The Morgan fingerprint density at radius 1 is 1.15 bits per heavy atom. The average Bonchev–Trinajstić information content (AvgIpc) is 2.32. The Hall–Kier alpha value is -1.28. The SMILES string of the molecule is Cc1nnnn1C(F)(F)C(F)(F)F. The Labute approximate surface area is 68.3 Å². The fraction of sp³-hybridized carbons (Fsp3) is 0.750. The highest BCUT2D eigenvalue weighted by molar-refractivity contribution is 4.82. The van der Waals surface area contributed by atoms with E-state index in [1.807, 2.05) is 0 Å². The van der Waals surface area contributed by atoms with Crippen molar-refractivity contribution < 1.29 is 22.0 Å². The van der Waals surface area contributed by atoms with Gasteiger partial charge in [-0.15, -0.1) is 5.10 Å². The van der Waals surface area contributed by atoms with Crippen LogP contribution in [0.4, 0.5) is 22.0 Å². The number of nitrogens with zero attached hydrogens (tertiary/aromatic N) is 4. The van der Waals surface area contributed by atoms with Gasteiger partial charge in [0.25, 0.3) is 0 Å². The molecule has 4 nitrogen and oxygen atoms in total. The first-order valence-corrected chi connectivity index (χ1v) is 2.97. The molecule has 0 atom stereocenters. The topological polar surface area (TPSA) is 43.6 Å². The minimum atomic E-state index is -5.70. The predicted molar refractivity (Wildman–Crippen MR) is 28.8 cm³/mol. The van der Waals surface area contributed by atoms with Crippen molar-refractivity contribution in [2.24, 2.45) is 0 Å². The van der Waals surface area contributed by atoms with E-state index in [-0.39, 0.29) is 0 Å². The minimum Gasteiger partial charge on any atom is -0.170 e. The molecule has 1 aromatic rings. The lowest BCUT2D eigenvalue weighted by Crippen LogP contribution is -2.41. The fourth-order valence-electron chi connectivity index (χ4n) is 0.611. The molecule has 0 radical (unpaired) electrons. The van der Waals surface area contributed by atoms with Gasteiger partial charge in [0.15, 0.2) is 5.82 Å². The maximum Gasteiger partial charge on any atom is 0.477 e. The second kappa shape index (κ2) is 2.60. The molecule has 0 N–H and O–H groups in total. The van der Waals surface area contributed by atoms with E-state index < -0.39 is 22.7 Å². The first-order valence-electron chi connectivity index (χ1n) is 2.97. The monoisotopic (exact) mass is 202 g/mol. The molecule has 9 heteroatoms.